The molecule has 9 fully saturated rings. The second-order valence-corrected chi connectivity index (χ2v) is 42.5. The van der Waals surface area contributed by atoms with Gasteiger partial charge >= 0.3 is 35.8 Å². The van der Waals surface area contributed by atoms with E-state index in [1.807, 2.05) is 123 Å². The van der Waals surface area contributed by atoms with Crippen LogP contribution in [0.4, 0.5) is 0 Å². The number of carbonyl (C=O) groups excluding carboxylic acids is 8. The Morgan fingerprint density at radius 3 is 1.04 bits per heavy atom. The molecule has 3 saturated heterocycles. The molecule has 3 amide bonds. The van der Waals surface area contributed by atoms with E-state index in [4.69, 9.17) is 82.0 Å². The van der Waals surface area contributed by atoms with Crippen LogP contribution in [-0.4, -0.2) is 210 Å². The molecule has 766 valence electrons. The summed E-state index contributed by atoms with van der Waals surface area (Å²) in [6.45, 7) is 17.4. The van der Waals surface area contributed by atoms with E-state index in [1.54, 1.807) is 31.1 Å². The molecular weight excluding hydrogens is 1780 g/mol. The molecule has 6 aliphatic carbocycles. The summed E-state index contributed by atoms with van der Waals surface area (Å²) in [6.07, 6.45) is 30.0. The summed E-state index contributed by atoms with van der Waals surface area (Å²) in [5.41, 5.74) is 4.77. The van der Waals surface area contributed by atoms with Gasteiger partial charge in [-0.05, 0) is 254 Å². The molecule has 0 unspecified atom stereocenters. The number of amides is 3. The first-order valence-electron chi connectivity index (χ1n) is 51.3. The van der Waals surface area contributed by atoms with Gasteiger partial charge in [-0.3, -0.25) is 28.8 Å². The molecular formula is C110H155N9O21. The van der Waals surface area contributed by atoms with Gasteiger partial charge in [-0.25, -0.2) is 44.3 Å². The molecule has 6 aromatic rings. The molecule has 3 aromatic heterocycles. The smallest absolute Gasteiger partial charge is 0.329 e. The summed E-state index contributed by atoms with van der Waals surface area (Å²) in [5, 5.41) is 10.4. The zero-order valence-electron chi connectivity index (χ0n) is 82.3. The maximum absolute atomic E-state index is 14.7. The number of rotatable bonds is 12. The van der Waals surface area contributed by atoms with Crippen molar-refractivity contribution in [3.63, 3.8) is 0 Å². The van der Waals surface area contributed by atoms with Crippen LogP contribution in [0.2, 0.25) is 0 Å². The fraction of sp³-hybridized carbons (Fsp3) is 0.682. The van der Waals surface area contributed by atoms with Crippen LogP contribution in [0.3, 0.4) is 0 Å². The van der Waals surface area contributed by atoms with Gasteiger partial charge < -0.3 is 71.9 Å². The number of fused-ring (bicyclic) bond motifs is 15. The number of carboxylic acid groups (broad SMARTS) is 1. The first kappa shape index (κ1) is 107. The highest BCUT2D eigenvalue weighted by molar-refractivity contribution is 5.92. The molecule has 6 saturated carbocycles. The largest absolute Gasteiger partial charge is 0.497 e. The van der Waals surface area contributed by atoms with E-state index in [0.29, 0.717) is 113 Å². The van der Waals surface area contributed by atoms with Crippen LogP contribution < -0.4 is 28.4 Å². The number of aromatic nitrogens is 6. The van der Waals surface area contributed by atoms with Crippen molar-refractivity contribution in [2.75, 3.05) is 41.0 Å². The number of hydrogen-bond donors (Lipinski definition) is 1. The van der Waals surface area contributed by atoms with Gasteiger partial charge in [-0.1, -0.05) is 113 Å². The lowest BCUT2D eigenvalue weighted by atomic mass is 9.86. The Labute approximate surface area is 826 Å². The van der Waals surface area contributed by atoms with Crippen molar-refractivity contribution >= 4 is 92.7 Å². The number of methoxy groups -OCH3 is 3. The van der Waals surface area contributed by atoms with E-state index in [0.717, 1.165) is 189 Å². The van der Waals surface area contributed by atoms with E-state index in [2.05, 4.69) is 6.08 Å². The fourth-order valence-electron chi connectivity index (χ4n) is 23.2. The predicted octanol–water partition coefficient (Wildman–Crippen LogP) is 19.4. The normalized spacial score (nSPS) is 29.1. The molecule has 3 aromatic carbocycles. The third kappa shape index (κ3) is 25.7. The van der Waals surface area contributed by atoms with Gasteiger partial charge in [0, 0.05) is 36.0 Å². The Morgan fingerprint density at radius 2 is 0.693 bits per heavy atom. The van der Waals surface area contributed by atoms with Crippen molar-refractivity contribution in [2.45, 2.75) is 369 Å². The molecule has 1 N–H and O–H groups in total. The summed E-state index contributed by atoms with van der Waals surface area (Å²) < 4.78 is 65.9. The lowest BCUT2D eigenvalue weighted by molar-refractivity contribution is -0.167. The Morgan fingerprint density at radius 1 is 0.379 bits per heavy atom. The van der Waals surface area contributed by atoms with Gasteiger partial charge in [0.25, 0.3) is 0 Å². The van der Waals surface area contributed by atoms with Crippen molar-refractivity contribution in [1.82, 2.24) is 44.6 Å². The molecule has 140 heavy (non-hydrogen) atoms. The number of carboxylic acids is 1. The first-order valence-corrected chi connectivity index (χ1v) is 51.3. The maximum Gasteiger partial charge on any atom is 0.329 e. The standard InChI is InChI=1S/C37H51N3O7.C37H49N3O7.C33H43N3O7.3CH4/c2*1-6-25-31-21-40(33(25)36(43)47-37(2,3)4)35(42)26(22-12-10-11-13-22)20-32(41)45-30-18-23(30)14-8-7-9-15-28-34(46-31)39-29-19-24(44-5)16-17-27(29)38-28;1-3-22-28-18-36(30(22)33(39)40)32(38)23(19-9-7-8-10-19)17-29(37)42-27-15-20(27)11-5-4-6-12-25-31(43-28)35-26-16-21(41-2)13-14-24(26)34-25;;;/h16-17,19,22-23,25-26,30-31,33H,6-15,18,20-21H2,1-5H3;9,15-17,19,22-23,25-26,30-31,33H,6-8,10-14,18,20-21H2,1-5H3;13-14,16,19-20,22-23,27-28,30H,3-12,15,17-18H2,1-2H3,(H,39,40);3*1H4/b;15-9+;;;;/t2*23-,25-,26+,30-,31+,33+;20-,22-,23+,27-,28+,30+;;;/m111.../s1. The number of aliphatic carboxylic acids is 1. The molecule has 18 atom stereocenters. The van der Waals surface area contributed by atoms with Crippen LogP contribution in [0.1, 0.15) is 307 Å². The number of benzene rings is 3. The summed E-state index contributed by atoms with van der Waals surface area (Å²) >= 11 is 0. The Kier molecular flexibility index (Phi) is 35.9. The van der Waals surface area contributed by atoms with Crippen molar-refractivity contribution < 1.29 is 100 Å². The Hall–Kier alpha value is -10.6. The highest BCUT2D eigenvalue weighted by Gasteiger charge is 2.57. The third-order valence-electron chi connectivity index (χ3n) is 30.7. The highest BCUT2D eigenvalue weighted by atomic mass is 16.6. The second-order valence-electron chi connectivity index (χ2n) is 42.5. The Balaban J connectivity index is 0.000000175. The number of allylic oxidation sites excluding steroid dienone is 1. The number of esters is 5. The van der Waals surface area contributed by atoms with Crippen molar-refractivity contribution in [3.05, 3.63) is 77.8 Å². The molecule has 30 nitrogen and oxygen atoms in total. The molecule has 6 aliphatic heterocycles. The third-order valence-corrected chi connectivity index (χ3v) is 30.7. The van der Waals surface area contributed by atoms with E-state index in [9.17, 15) is 48.3 Å². The van der Waals surface area contributed by atoms with Gasteiger partial charge in [0.15, 0.2) is 0 Å². The molecule has 18 rings (SSSR count). The molecule has 9 heterocycles. The average Bonchev–Trinajstić information content (AvgIpc) is 1.63. The minimum absolute atomic E-state index is 0. The predicted molar refractivity (Wildman–Crippen MR) is 530 cm³/mol. The van der Waals surface area contributed by atoms with Gasteiger partial charge in [0.05, 0.1) is 111 Å². The summed E-state index contributed by atoms with van der Waals surface area (Å²) in [4.78, 5) is 158. The molecule has 6 bridgehead atoms. The molecule has 30 heteroatoms. The minimum Gasteiger partial charge on any atom is -0.497 e. The molecule has 0 radical (unpaired) electrons. The first-order chi connectivity index (χ1) is 65.9. The minimum atomic E-state index is -1.06. The molecule has 12 aliphatic rings. The molecule has 0 spiro atoms. The van der Waals surface area contributed by atoms with Crippen LogP contribution in [0.5, 0.6) is 34.9 Å². The second kappa shape index (κ2) is 47.1. The van der Waals surface area contributed by atoms with E-state index < -0.39 is 89.2 Å². The lowest BCUT2D eigenvalue weighted by Gasteiger charge is -2.33. The fourth-order valence-corrected chi connectivity index (χ4v) is 23.2. The van der Waals surface area contributed by atoms with Crippen LogP contribution >= 0.6 is 0 Å². The van der Waals surface area contributed by atoms with E-state index in [-0.39, 0.29) is 145 Å². The maximum atomic E-state index is 14.7. The van der Waals surface area contributed by atoms with Crippen LogP contribution in [-0.2, 0) is 79.7 Å². The number of aryl methyl sites for hydroxylation is 2. The number of hydrogen-bond acceptors (Lipinski definition) is 26. The van der Waals surface area contributed by atoms with Crippen molar-refractivity contribution in [3.8, 4) is 34.9 Å². The monoisotopic (exact) mass is 1940 g/mol. The number of ether oxygens (including phenoxy) is 11. The summed E-state index contributed by atoms with van der Waals surface area (Å²) in [7, 11) is 4.83. The zero-order valence-corrected chi connectivity index (χ0v) is 82.3. The van der Waals surface area contributed by atoms with Gasteiger partial charge in [0.1, 0.15) is 100 Å². The topological polar surface area (TPSA) is 362 Å². The summed E-state index contributed by atoms with van der Waals surface area (Å²) in [5.74, 6) is -1.96. The summed E-state index contributed by atoms with van der Waals surface area (Å²) in [6, 6.07) is 14.0. The van der Waals surface area contributed by atoms with Gasteiger partial charge in [-0.2, -0.15) is 0 Å². The van der Waals surface area contributed by atoms with Crippen LogP contribution in [0, 0.1) is 71.0 Å². The number of carbonyl (C=O) groups is 9. The SMILES string of the molecule is C.C.C.CC[C@@H]1[C@@H]2CN(C(=O)[C@H](C3CCCC3)CC(=O)O[C@@H]3C[C@H]3CCC/C=C/c3nc4ccc(OC)cc4nc3O2)[C@@H]1C(=O)OC(C)(C)C.CC[C@@H]1[C@@H]2CN(C(=O)[C@H](C3CCCC3)CC(=O)O[C@@H]3C[C@H]3CCCCCc3nc4ccc(OC)cc4nc3O2)[C@@H]1C(=O)O.CC[C@@H]1[C@@H]2CN(C(=O)[C@H](C3CCCC3)CC(=O)O[C@@H]3C[C@H]3CCCCCc3nc4ccc(OC)cc4nc3O2)[C@@H]1C(=O)OC(C)(C)C. The van der Waals surface area contributed by atoms with E-state index >= 15 is 0 Å². The van der Waals surface area contributed by atoms with Crippen molar-refractivity contribution in [2.24, 2.45) is 71.0 Å². The zero-order chi connectivity index (χ0) is 96.7. The van der Waals surface area contributed by atoms with Crippen LogP contribution in [0.15, 0.2) is 60.7 Å². The number of nitrogens with zero attached hydrogens (tertiary/aromatic N) is 9. The van der Waals surface area contributed by atoms with Gasteiger partial charge in [0.2, 0.25) is 35.4 Å². The highest BCUT2D eigenvalue weighted by Crippen LogP contribution is 2.48. The average molecular weight is 1940 g/mol. The lowest BCUT2D eigenvalue weighted by Crippen LogP contribution is -2.49. The quantitative estimate of drug-likeness (QED) is 0.0878. The van der Waals surface area contributed by atoms with E-state index in [1.165, 1.54) is 4.90 Å². The van der Waals surface area contributed by atoms with Gasteiger partial charge in [-0.15, -0.1) is 0 Å². The van der Waals surface area contributed by atoms with Crippen LogP contribution in [0.25, 0.3) is 39.2 Å². The Bertz CT molecular complexity index is 5370. The van der Waals surface area contributed by atoms with Crippen molar-refractivity contribution in [1.29, 1.82) is 0 Å².